The van der Waals surface area contributed by atoms with E-state index in [1.165, 1.54) is 13.0 Å². The molecule has 2 rings (SSSR count). The summed E-state index contributed by atoms with van der Waals surface area (Å²) in [6.07, 6.45) is 0. The highest BCUT2D eigenvalue weighted by atomic mass is 19.1. The number of ketones is 1. The Morgan fingerprint density at radius 1 is 1.47 bits per heavy atom. The fourth-order valence-corrected chi connectivity index (χ4v) is 1.74. The highest BCUT2D eigenvalue weighted by Gasteiger charge is 2.26. The van der Waals surface area contributed by atoms with Gasteiger partial charge < -0.3 is 9.47 Å². The molecule has 0 amide bonds. The number of hydrogen-bond acceptors (Lipinski definition) is 4. The molecule has 0 saturated carbocycles. The van der Waals surface area contributed by atoms with Crippen LogP contribution in [0, 0.1) is 17.1 Å². The number of hydrogen-bond donors (Lipinski definition) is 0. The Kier molecular flexibility index (Phi) is 2.96. The Morgan fingerprint density at radius 3 is 2.82 bits per heavy atom. The van der Waals surface area contributed by atoms with Gasteiger partial charge in [0.1, 0.15) is 24.9 Å². The number of carbonyl (C=O) groups excluding carboxylic acids is 1. The predicted molar refractivity (Wildman–Crippen MR) is 56.4 cm³/mol. The van der Waals surface area contributed by atoms with Crippen molar-refractivity contribution in [3.8, 4) is 17.6 Å². The number of fused-ring (bicyclic) bond motifs is 1. The lowest BCUT2D eigenvalue weighted by molar-refractivity contribution is -0.117. The van der Waals surface area contributed by atoms with Crippen molar-refractivity contribution in [2.24, 2.45) is 0 Å². The van der Waals surface area contributed by atoms with Gasteiger partial charge in [0.25, 0.3) is 0 Å². The maximum atomic E-state index is 13.4. The van der Waals surface area contributed by atoms with Gasteiger partial charge in [-0.3, -0.25) is 4.79 Å². The largest absolute Gasteiger partial charge is 0.486 e. The third-order valence-electron chi connectivity index (χ3n) is 2.48. The van der Waals surface area contributed by atoms with E-state index in [1.807, 2.05) is 6.07 Å². The van der Waals surface area contributed by atoms with Crippen LogP contribution in [0.25, 0.3) is 0 Å². The van der Waals surface area contributed by atoms with Crippen molar-refractivity contribution < 1.29 is 18.7 Å². The van der Waals surface area contributed by atoms with E-state index >= 15 is 0 Å². The molecule has 1 aromatic rings. The molecular formula is C12H10FNO3. The lowest BCUT2D eigenvalue weighted by Crippen LogP contribution is -2.19. The number of carbonyl (C=O) groups is 1. The molecule has 0 radical (unpaired) electrons. The van der Waals surface area contributed by atoms with Crippen LogP contribution in [-0.2, 0) is 4.79 Å². The van der Waals surface area contributed by atoms with Gasteiger partial charge in [0.05, 0.1) is 6.07 Å². The number of rotatable bonds is 2. The van der Waals surface area contributed by atoms with Gasteiger partial charge in [-0.25, -0.2) is 4.39 Å². The van der Waals surface area contributed by atoms with Crippen LogP contribution in [-0.4, -0.2) is 19.0 Å². The quantitative estimate of drug-likeness (QED) is 0.784. The van der Waals surface area contributed by atoms with Crippen molar-refractivity contribution in [3.05, 3.63) is 23.5 Å². The van der Waals surface area contributed by atoms with Gasteiger partial charge in [0.15, 0.2) is 17.3 Å². The minimum absolute atomic E-state index is 0.231. The van der Waals surface area contributed by atoms with Crippen molar-refractivity contribution in [2.75, 3.05) is 13.2 Å². The van der Waals surface area contributed by atoms with Gasteiger partial charge in [0.2, 0.25) is 0 Å². The third kappa shape index (κ3) is 2.07. The van der Waals surface area contributed by atoms with E-state index in [2.05, 4.69) is 0 Å². The number of ether oxygens (including phenoxy) is 2. The molecule has 1 heterocycles. The van der Waals surface area contributed by atoms with Crippen LogP contribution in [0.3, 0.4) is 0 Å². The van der Waals surface area contributed by atoms with E-state index in [9.17, 15) is 9.18 Å². The number of Topliss-reactive ketones (excluding diaryl/α,β-unsaturated/α-hetero) is 1. The number of benzene rings is 1. The molecule has 4 nitrogen and oxygen atoms in total. The molecule has 1 unspecified atom stereocenters. The van der Waals surface area contributed by atoms with Crippen LogP contribution < -0.4 is 9.47 Å². The summed E-state index contributed by atoms with van der Waals surface area (Å²) in [5, 5.41) is 8.95. The number of nitrogens with zero attached hydrogens (tertiary/aromatic N) is 1. The predicted octanol–water partition coefficient (Wildman–Crippen LogP) is 1.79. The molecule has 0 fully saturated rings. The molecular weight excluding hydrogens is 225 g/mol. The average Bonchev–Trinajstić information content (AvgIpc) is 2.29. The highest BCUT2D eigenvalue weighted by molar-refractivity contribution is 5.87. The van der Waals surface area contributed by atoms with E-state index in [0.29, 0.717) is 19.0 Å². The zero-order valence-electron chi connectivity index (χ0n) is 9.20. The summed E-state index contributed by atoms with van der Waals surface area (Å²) < 4.78 is 23.9. The van der Waals surface area contributed by atoms with Gasteiger partial charge >= 0.3 is 0 Å². The van der Waals surface area contributed by atoms with E-state index < -0.39 is 11.7 Å². The maximum absolute atomic E-state index is 13.4. The van der Waals surface area contributed by atoms with E-state index in [4.69, 9.17) is 14.7 Å². The highest BCUT2D eigenvalue weighted by Crippen LogP contribution is 2.38. The van der Waals surface area contributed by atoms with Crippen molar-refractivity contribution >= 4 is 5.78 Å². The van der Waals surface area contributed by atoms with Gasteiger partial charge in [-0.05, 0) is 13.0 Å². The summed E-state index contributed by atoms with van der Waals surface area (Å²) in [4.78, 5) is 11.3. The van der Waals surface area contributed by atoms with E-state index in [-0.39, 0.29) is 17.1 Å². The summed E-state index contributed by atoms with van der Waals surface area (Å²) in [5.41, 5.74) is 0.231. The first kappa shape index (κ1) is 11.4. The van der Waals surface area contributed by atoms with E-state index in [1.54, 1.807) is 0 Å². The first-order valence-electron chi connectivity index (χ1n) is 5.12. The summed E-state index contributed by atoms with van der Waals surface area (Å²) in [6.45, 7) is 1.93. The molecule has 1 aromatic carbocycles. The van der Waals surface area contributed by atoms with Crippen LogP contribution in [0.4, 0.5) is 4.39 Å². The maximum Gasteiger partial charge on any atom is 0.166 e. The molecule has 0 spiro atoms. The molecule has 0 N–H and O–H groups in total. The van der Waals surface area contributed by atoms with Gasteiger partial charge in [-0.15, -0.1) is 0 Å². The first-order valence-corrected chi connectivity index (χ1v) is 5.12. The second kappa shape index (κ2) is 4.42. The first-order chi connectivity index (χ1) is 8.13. The summed E-state index contributed by atoms with van der Waals surface area (Å²) in [5.74, 6) is -1.39. The van der Waals surface area contributed by atoms with Crippen molar-refractivity contribution in [1.82, 2.24) is 0 Å². The Hall–Kier alpha value is -2.09. The molecule has 1 aliphatic rings. The molecule has 17 heavy (non-hydrogen) atoms. The van der Waals surface area contributed by atoms with Gasteiger partial charge in [-0.2, -0.15) is 5.26 Å². The van der Waals surface area contributed by atoms with Crippen molar-refractivity contribution in [1.29, 1.82) is 5.26 Å². The van der Waals surface area contributed by atoms with Gasteiger partial charge in [-0.1, -0.05) is 0 Å². The minimum Gasteiger partial charge on any atom is -0.486 e. The smallest absolute Gasteiger partial charge is 0.166 e. The molecule has 88 valence electrons. The molecule has 0 aromatic heterocycles. The van der Waals surface area contributed by atoms with Crippen LogP contribution in [0.1, 0.15) is 18.4 Å². The van der Waals surface area contributed by atoms with Gasteiger partial charge in [0, 0.05) is 11.6 Å². The Bertz CT molecular complexity index is 507. The zero-order valence-corrected chi connectivity index (χ0v) is 9.20. The molecule has 1 aliphatic heterocycles. The SMILES string of the molecule is CC(=O)C(C#N)c1cc(F)cc2c1OCCO2. The second-order valence-corrected chi connectivity index (χ2v) is 3.69. The molecule has 5 heteroatoms. The van der Waals surface area contributed by atoms with Crippen LogP contribution >= 0.6 is 0 Å². The Balaban J connectivity index is 2.56. The van der Waals surface area contributed by atoms with E-state index in [0.717, 1.165) is 6.07 Å². The monoisotopic (exact) mass is 235 g/mol. The standard InChI is InChI=1S/C12H10FNO3/c1-7(15)10(6-14)9-4-8(13)5-11-12(9)17-3-2-16-11/h4-5,10H,2-3H2,1H3. The summed E-state index contributed by atoms with van der Waals surface area (Å²) >= 11 is 0. The van der Waals surface area contributed by atoms with Crippen molar-refractivity contribution in [3.63, 3.8) is 0 Å². The summed E-state index contributed by atoms with van der Waals surface area (Å²) in [7, 11) is 0. The topological polar surface area (TPSA) is 59.3 Å². The molecule has 0 saturated heterocycles. The lowest BCUT2D eigenvalue weighted by atomic mass is 9.95. The third-order valence-corrected chi connectivity index (χ3v) is 2.48. The minimum atomic E-state index is -1.03. The average molecular weight is 235 g/mol. The normalized spacial score (nSPS) is 14.9. The van der Waals surface area contributed by atoms with Crippen LogP contribution in [0.15, 0.2) is 12.1 Å². The summed E-state index contributed by atoms with van der Waals surface area (Å²) in [6, 6.07) is 4.17. The molecule has 0 aliphatic carbocycles. The lowest BCUT2D eigenvalue weighted by Gasteiger charge is -2.22. The molecule has 1 atom stereocenters. The number of nitriles is 1. The Morgan fingerprint density at radius 2 is 2.18 bits per heavy atom. The molecule has 0 bridgehead atoms. The number of halogens is 1. The Labute approximate surface area is 97.6 Å². The van der Waals surface area contributed by atoms with Crippen molar-refractivity contribution in [2.45, 2.75) is 12.8 Å². The van der Waals surface area contributed by atoms with Crippen LogP contribution in [0.2, 0.25) is 0 Å². The zero-order chi connectivity index (χ0) is 12.4. The fraction of sp³-hybridized carbons (Fsp3) is 0.333. The van der Waals surface area contributed by atoms with Crippen LogP contribution in [0.5, 0.6) is 11.5 Å². The fourth-order valence-electron chi connectivity index (χ4n) is 1.74. The second-order valence-electron chi connectivity index (χ2n) is 3.69.